The van der Waals surface area contributed by atoms with Crippen LogP contribution in [0.4, 0.5) is 4.39 Å². The van der Waals surface area contributed by atoms with Gasteiger partial charge < -0.3 is 14.6 Å². The van der Waals surface area contributed by atoms with Crippen LogP contribution in [0.15, 0.2) is 18.2 Å². The average molecular weight is 280 g/mol. The summed E-state index contributed by atoms with van der Waals surface area (Å²) in [6, 6.07) is 3.52. The summed E-state index contributed by atoms with van der Waals surface area (Å²) in [5, 5.41) is 9.12. The first-order valence-corrected chi connectivity index (χ1v) is 6.91. The van der Waals surface area contributed by atoms with Gasteiger partial charge in [-0.1, -0.05) is 0 Å². The number of ether oxygens (including phenoxy) is 2. The van der Waals surface area contributed by atoms with Crippen molar-refractivity contribution < 1.29 is 23.8 Å². The van der Waals surface area contributed by atoms with Gasteiger partial charge in [-0.15, -0.1) is 0 Å². The lowest BCUT2D eigenvalue weighted by atomic mass is 9.74. The van der Waals surface area contributed by atoms with Crippen LogP contribution >= 0.6 is 0 Å². The van der Waals surface area contributed by atoms with Crippen molar-refractivity contribution in [3.8, 4) is 5.75 Å². The minimum atomic E-state index is -1.11. The Morgan fingerprint density at radius 1 is 1.45 bits per heavy atom. The fourth-order valence-corrected chi connectivity index (χ4v) is 2.95. The van der Waals surface area contributed by atoms with Crippen LogP contribution in [-0.2, 0) is 4.74 Å². The second-order valence-corrected chi connectivity index (χ2v) is 5.56. The second-order valence-electron chi connectivity index (χ2n) is 5.56. The van der Waals surface area contributed by atoms with Crippen molar-refractivity contribution in [1.82, 2.24) is 0 Å². The summed E-state index contributed by atoms with van der Waals surface area (Å²) in [4.78, 5) is 11.1. The van der Waals surface area contributed by atoms with Gasteiger partial charge in [-0.25, -0.2) is 9.18 Å². The van der Waals surface area contributed by atoms with Crippen LogP contribution in [0.25, 0.3) is 0 Å². The van der Waals surface area contributed by atoms with E-state index in [4.69, 9.17) is 14.6 Å². The molecule has 1 saturated heterocycles. The van der Waals surface area contributed by atoms with Crippen LogP contribution in [0.2, 0.25) is 0 Å². The highest BCUT2D eigenvalue weighted by Crippen LogP contribution is 2.43. The van der Waals surface area contributed by atoms with E-state index >= 15 is 0 Å². The first kappa shape index (κ1) is 13.4. The number of carboxylic acid groups (broad SMARTS) is 1. The van der Waals surface area contributed by atoms with E-state index in [9.17, 15) is 9.18 Å². The number of carbonyl (C=O) groups is 1. The SMILES string of the molecule is O=C(O)c1ccc(F)cc1OC1CCOC2(CCC2)C1. The number of aromatic carboxylic acids is 1. The maximum Gasteiger partial charge on any atom is 0.339 e. The Morgan fingerprint density at radius 3 is 2.90 bits per heavy atom. The molecule has 1 unspecified atom stereocenters. The Bertz CT molecular complexity index is 525. The van der Waals surface area contributed by atoms with E-state index in [1.807, 2.05) is 0 Å². The van der Waals surface area contributed by atoms with Crippen LogP contribution in [-0.4, -0.2) is 29.4 Å². The monoisotopic (exact) mass is 280 g/mol. The fourth-order valence-electron chi connectivity index (χ4n) is 2.95. The van der Waals surface area contributed by atoms with Crippen molar-refractivity contribution in [3.63, 3.8) is 0 Å². The number of hydrogen-bond donors (Lipinski definition) is 1. The fraction of sp³-hybridized carbons (Fsp3) is 0.533. The summed E-state index contributed by atoms with van der Waals surface area (Å²) in [5.74, 6) is -1.49. The Balaban J connectivity index is 1.76. The van der Waals surface area contributed by atoms with Gasteiger partial charge in [0.05, 0.1) is 12.2 Å². The van der Waals surface area contributed by atoms with Crippen molar-refractivity contribution in [2.75, 3.05) is 6.61 Å². The summed E-state index contributed by atoms with van der Waals surface area (Å²) in [6.45, 7) is 0.613. The third kappa shape index (κ3) is 2.50. The summed E-state index contributed by atoms with van der Waals surface area (Å²) < 4.78 is 24.9. The largest absolute Gasteiger partial charge is 0.489 e. The van der Waals surface area contributed by atoms with Crippen LogP contribution in [0, 0.1) is 5.82 Å². The Hall–Kier alpha value is -1.62. The van der Waals surface area contributed by atoms with E-state index in [0.717, 1.165) is 37.8 Å². The number of carboxylic acids is 1. The molecule has 1 N–H and O–H groups in total. The van der Waals surface area contributed by atoms with Gasteiger partial charge in [0.25, 0.3) is 0 Å². The van der Waals surface area contributed by atoms with Gasteiger partial charge in [0, 0.05) is 18.9 Å². The van der Waals surface area contributed by atoms with Gasteiger partial charge in [-0.3, -0.25) is 0 Å². The normalized spacial score (nSPS) is 24.1. The molecule has 20 heavy (non-hydrogen) atoms. The first-order chi connectivity index (χ1) is 9.58. The highest BCUT2D eigenvalue weighted by Gasteiger charge is 2.43. The maximum atomic E-state index is 13.3. The average Bonchev–Trinajstić information content (AvgIpc) is 2.37. The van der Waals surface area contributed by atoms with E-state index in [0.29, 0.717) is 13.0 Å². The van der Waals surface area contributed by atoms with E-state index in [2.05, 4.69) is 0 Å². The highest BCUT2D eigenvalue weighted by atomic mass is 19.1. The van der Waals surface area contributed by atoms with Gasteiger partial charge in [0.1, 0.15) is 23.2 Å². The van der Waals surface area contributed by atoms with E-state index < -0.39 is 11.8 Å². The lowest BCUT2D eigenvalue weighted by Gasteiger charge is -2.46. The molecule has 2 aliphatic rings. The van der Waals surface area contributed by atoms with Gasteiger partial charge in [-0.05, 0) is 31.4 Å². The van der Waals surface area contributed by atoms with Gasteiger partial charge in [0.2, 0.25) is 0 Å². The lowest BCUT2D eigenvalue weighted by molar-refractivity contribution is -0.153. The van der Waals surface area contributed by atoms with E-state index in [1.165, 1.54) is 6.07 Å². The maximum absolute atomic E-state index is 13.3. The van der Waals surface area contributed by atoms with E-state index in [1.54, 1.807) is 0 Å². The molecule has 1 heterocycles. The van der Waals surface area contributed by atoms with Gasteiger partial charge >= 0.3 is 5.97 Å². The third-order valence-corrected chi connectivity index (χ3v) is 4.18. The third-order valence-electron chi connectivity index (χ3n) is 4.18. The molecule has 2 fully saturated rings. The van der Waals surface area contributed by atoms with Crippen molar-refractivity contribution in [3.05, 3.63) is 29.6 Å². The minimum Gasteiger partial charge on any atom is -0.489 e. The number of halogens is 1. The van der Waals surface area contributed by atoms with Crippen molar-refractivity contribution in [2.24, 2.45) is 0 Å². The standard InChI is InChI=1S/C15H17FO4/c16-10-2-3-12(14(17)18)13(8-10)20-11-4-7-19-15(9-11)5-1-6-15/h2-3,8,11H,1,4-7,9H2,(H,17,18). The molecule has 1 aliphatic heterocycles. The van der Waals surface area contributed by atoms with Crippen molar-refractivity contribution in [1.29, 1.82) is 0 Å². The first-order valence-electron chi connectivity index (χ1n) is 6.91. The number of rotatable bonds is 3. The zero-order valence-corrected chi connectivity index (χ0v) is 11.1. The summed E-state index contributed by atoms with van der Waals surface area (Å²) >= 11 is 0. The molecule has 1 spiro atoms. The van der Waals surface area contributed by atoms with Gasteiger partial charge in [0.15, 0.2) is 0 Å². The Kier molecular flexibility index (Phi) is 3.38. The molecule has 1 aliphatic carbocycles. The second kappa shape index (κ2) is 5.05. The molecule has 0 bridgehead atoms. The minimum absolute atomic E-state index is 0.000510. The predicted molar refractivity (Wildman–Crippen MR) is 69.5 cm³/mol. The van der Waals surface area contributed by atoms with E-state index in [-0.39, 0.29) is 23.0 Å². The quantitative estimate of drug-likeness (QED) is 0.924. The molecule has 5 heteroatoms. The van der Waals surface area contributed by atoms with Crippen LogP contribution in [0.1, 0.15) is 42.5 Å². The number of benzene rings is 1. The molecular formula is C15H17FO4. The topological polar surface area (TPSA) is 55.8 Å². The van der Waals surface area contributed by atoms with Crippen molar-refractivity contribution in [2.45, 2.75) is 43.8 Å². The van der Waals surface area contributed by atoms with Gasteiger partial charge in [-0.2, -0.15) is 0 Å². The molecule has 108 valence electrons. The zero-order chi connectivity index (χ0) is 14.2. The zero-order valence-electron chi connectivity index (χ0n) is 11.1. The molecule has 1 aromatic rings. The summed E-state index contributed by atoms with van der Waals surface area (Å²) in [5.41, 5.74) is -0.0832. The molecule has 0 aromatic heterocycles. The lowest BCUT2D eigenvalue weighted by Crippen LogP contribution is -2.48. The Labute approximate surface area is 116 Å². The number of hydrogen-bond acceptors (Lipinski definition) is 3. The molecular weight excluding hydrogens is 263 g/mol. The van der Waals surface area contributed by atoms with Crippen LogP contribution in [0.3, 0.4) is 0 Å². The highest BCUT2D eigenvalue weighted by molar-refractivity contribution is 5.90. The molecule has 1 aromatic carbocycles. The van der Waals surface area contributed by atoms with Crippen LogP contribution in [0.5, 0.6) is 5.75 Å². The molecule has 0 radical (unpaired) electrons. The Morgan fingerprint density at radius 2 is 2.25 bits per heavy atom. The van der Waals surface area contributed by atoms with Crippen LogP contribution < -0.4 is 4.74 Å². The summed E-state index contributed by atoms with van der Waals surface area (Å²) in [7, 11) is 0. The molecule has 1 atom stereocenters. The smallest absolute Gasteiger partial charge is 0.339 e. The molecule has 1 saturated carbocycles. The molecule has 3 rings (SSSR count). The summed E-state index contributed by atoms with van der Waals surface area (Å²) in [6.07, 6.45) is 4.57. The molecule has 0 amide bonds. The molecule has 4 nitrogen and oxygen atoms in total. The predicted octanol–water partition coefficient (Wildman–Crippen LogP) is 3.00. The van der Waals surface area contributed by atoms with Crippen molar-refractivity contribution >= 4 is 5.97 Å².